The number of aromatic nitrogens is 2. The maximum absolute atomic E-state index is 9.43. The third-order valence-electron chi connectivity index (χ3n) is 3.34. The molecule has 0 atom stereocenters. The molecular formula is C11H19N3O2. The van der Waals surface area contributed by atoms with Gasteiger partial charge in [0.1, 0.15) is 0 Å². The molecule has 0 unspecified atom stereocenters. The summed E-state index contributed by atoms with van der Waals surface area (Å²) < 4.78 is 5.27. The van der Waals surface area contributed by atoms with Gasteiger partial charge in [0, 0.05) is 25.5 Å². The summed E-state index contributed by atoms with van der Waals surface area (Å²) >= 11 is 0. The first-order valence-corrected chi connectivity index (χ1v) is 5.85. The molecule has 1 aliphatic rings. The SMILES string of the molecule is Cc1nnc(CNCC2(CO)CCCC2)o1. The van der Waals surface area contributed by atoms with Gasteiger partial charge in [-0.3, -0.25) is 0 Å². The second kappa shape index (κ2) is 4.93. The molecule has 0 bridgehead atoms. The maximum atomic E-state index is 9.43. The lowest BCUT2D eigenvalue weighted by Crippen LogP contribution is -2.34. The molecule has 0 aliphatic heterocycles. The Labute approximate surface area is 95.3 Å². The van der Waals surface area contributed by atoms with Gasteiger partial charge in [0.05, 0.1) is 6.54 Å². The minimum atomic E-state index is 0.0784. The van der Waals surface area contributed by atoms with Crippen LogP contribution >= 0.6 is 0 Å². The number of nitrogens with zero attached hydrogens (tertiary/aromatic N) is 2. The van der Waals surface area contributed by atoms with Crippen LogP contribution in [0.25, 0.3) is 0 Å². The van der Waals surface area contributed by atoms with Gasteiger partial charge in [0.2, 0.25) is 11.8 Å². The van der Waals surface area contributed by atoms with E-state index >= 15 is 0 Å². The second-order valence-electron chi connectivity index (χ2n) is 4.68. The molecule has 5 nitrogen and oxygen atoms in total. The summed E-state index contributed by atoms with van der Waals surface area (Å²) in [5.74, 6) is 1.21. The Bertz CT molecular complexity index is 332. The van der Waals surface area contributed by atoms with Crippen LogP contribution in [0.15, 0.2) is 4.42 Å². The van der Waals surface area contributed by atoms with E-state index in [9.17, 15) is 5.11 Å². The number of aliphatic hydroxyl groups is 1. The van der Waals surface area contributed by atoms with Crippen molar-refractivity contribution in [1.29, 1.82) is 0 Å². The molecule has 1 aromatic rings. The van der Waals surface area contributed by atoms with Gasteiger partial charge in [0.25, 0.3) is 0 Å². The van der Waals surface area contributed by atoms with E-state index in [-0.39, 0.29) is 12.0 Å². The van der Waals surface area contributed by atoms with Crippen molar-refractivity contribution in [3.05, 3.63) is 11.8 Å². The molecule has 1 heterocycles. The van der Waals surface area contributed by atoms with Crippen molar-refractivity contribution in [1.82, 2.24) is 15.5 Å². The summed E-state index contributed by atoms with van der Waals surface area (Å²) in [6.45, 7) is 3.46. The fourth-order valence-corrected chi connectivity index (χ4v) is 2.36. The molecule has 2 rings (SSSR count). The topological polar surface area (TPSA) is 71.2 Å². The molecule has 1 fully saturated rings. The van der Waals surface area contributed by atoms with E-state index in [1.54, 1.807) is 6.92 Å². The second-order valence-corrected chi connectivity index (χ2v) is 4.68. The summed E-state index contributed by atoms with van der Waals surface area (Å²) in [7, 11) is 0. The third kappa shape index (κ3) is 2.59. The van der Waals surface area contributed by atoms with Crippen LogP contribution in [0, 0.1) is 12.3 Å². The molecule has 0 amide bonds. The number of aliphatic hydroxyl groups excluding tert-OH is 1. The van der Waals surface area contributed by atoms with Crippen molar-refractivity contribution in [2.45, 2.75) is 39.2 Å². The van der Waals surface area contributed by atoms with Gasteiger partial charge in [0.15, 0.2) is 0 Å². The molecule has 16 heavy (non-hydrogen) atoms. The molecular weight excluding hydrogens is 206 g/mol. The van der Waals surface area contributed by atoms with Gasteiger partial charge >= 0.3 is 0 Å². The molecule has 0 saturated heterocycles. The fraction of sp³-hybridized carbons (Fsp3) is 0.818. The predicted molar refractivity (Wildman–Crippen MR) is 58.7 cm³/mol. The van der Waals surface area contributed by atoms with E-state index in [0.717, 1.165) is 19.4 Å². The Morgan fingerprint density at radius 1 is 1.38 bits per heavy atom. The van der Waals surface area contributed by atoms with E-state index in [1.807, 2.05) is 0 Å². The van der Waals surface area contributed by atoms with E-state index in [2.05, 4.69) is 15.5 Å². The fourth-order valence-electron chi connectivity index (χ4n) is 2.36. The highest BCUT2D eigenvalue weighted by atomic mass is 16.4. The van der Waals surface area contributed by atoms with Gasteiger partial charge in [-0.2, -0.15) is 0 Å². The van der Waals surface area contributed by atoms with Crippen LogP contribution < -0.4 is 5.32 Å². The van der Waals surface area contributed by atoms with Crippen LogP contribution in [0.5, 0.6) is 0 Å². The molecule has 90 valence electrons. The number of hydrogen-bond donors (Lipinski definition) is 2. The van der Waals surface area contributed by atoms with Crippen molar-refractivity contribution in [3.8, 4) is 0 Å². The van der Waals surface area contributed by atoms with Crippen molar-refractivity contribution >= 4 is 0 Å². The molecule has 1 aromatic heterocycles. The van der Waals surface area contributed by atoms with Gasteiger partial charge < -0.3 is 14.8 Å². The quantitative estimate of drug-likeness (QED) is 0.783. The zero-order valence-electron chi connectivity index (χ0n) is 9.70. The van der Waals surface area contributed by atoms with E-state index < -0.39 is 0 Å². The van der Waals surface area contributed by atoms with E-state index in [1.165, 1.54) is 12.8 Å². The third-order valence-corrected chi connectivity index (χ3v) is 3.34. The summed E-state index contributed by atoms with van der Waals surface area (Å²) in [6.07, 6.45) is 4.67. The van der Waals surface area contributed by atoms with Crippen molar-refractivity contribution in [3.63, 3.8) is 0 Å². The molecule has 5 heteroatoms. The maximum Gasteiger partial charge on any atom is 0.230 e. The molecule has 1 aliphatic carbocycles. The first-order valence-electron chi connectivity index (χ1n) is 5.85. The van der Waals surface area contributed by atoms with Crippen LogP contribution in [0.4, 0.5) is 0 Å². The summed E-state index contributed by atoms with van der Waals surface area (Å²) in [4.78, 5) is 0. The highest BCUT2D eigenvalue weighted by Crippen LogP contribution is 2.36. The Hall–Kier alpha value is -0.940. The standard InChI is InChI=1S/C11H19N3O2/c1-9-13-14-10(16-9)6-12-7-11(8-15)4-2-3-5-11/h12,15H,2-8H2,1H3. The average molecular weight is 225 g/mol. The highest BCUT2D eigenvalue weighted by Gasteiger charge is 2.32. The lowest BCUT2D eigenvalue weighted by Gasteiger charge is -2.26. The van der Waals surface area contributed by atoms with Crippen molar-refractivity contribution in [2.24, 2.45) is 5.41 Å². The lowest BCUT2D eigenvalue weighted by atomic mass is 9.87. The zero-order valence-corrected chi connectivity index (χ0v) is 9.70. The normalized spacial score (nSPS) is 19.1. The highest BCUT2D eigenvalue weighted by molar-refractivity contribution is 4.87. The summed E-state index contributed by atoms with van der Waals surface area (Å²) in [5, 5.41) is 20.4. The van der Waals surface area contributed by atoms with Crippen molar-refractivity contribution in [2.75, 3.05) is 13.2 Å². The number of nitrogens with one attached hydrogen (secondary N) is 1. The van der Waals surface area contributed by atoms with Crippen LogP contribution in [0.3, 0.4) is 0 Å². The first-order chi connectivity index (χ1) is 7.74. The van der Waals surface area contributed by atoms with Crippen molar-refractivity contribution < 1.29 is 9.52 Å². The van der Waals surface area contributed by atoms with E-state index in [4.69, 9.17) is 4.42 Å². The number of rotatable bonds is 5. The molecule has 0 aromatic carbocycles. The Balaban J connectivity index is 1.78. The smallest absolute Gasteiger partial charge is 0.230 e. The van der Waals surface area contributed by atoms with Gasteiger partial charge in [-0.05, 0) is 12.8 Å². The van der Waals surface area contributed by atoms with E-state index in [0.29, 0.717) is 18.3 Å². The van der Waals surface area contributed by atoms with Crippen LogP contribution in [-0.4, -0.2) is 28.5 Å². The van der Waals surface area contributed by atoms with Crippen LogP contribution in [0.1, 0.15) is 37.5 Å². The largest absolute Gasteiger partial charge is 0.424 e. The zero-order chi connectivity index (χ0) is 11.4. The lowest BCUT2D eigenvalue weighted by molar-refractivity contribution is 0.127. The summed E-state index contributed by atoms with van der Waals surface area (Å²) in [6, 6.07) is 0. The first kappa shape index (κ1) is 11.5. The van der Waals surface area contributed by atoms with Crippen LogP contribution in [-0.2, 0) is 6.54 Å². The van der Waals surface area contributed by atoms with Crippen LogP contribution in [0.2, 0.25) is 0 Å². The van der Waals surface area contributed by atoms with Gasteiger partial charge in [-0.25, -0.2) is 0 Å². The minimum Gasteiger partial charge on any atom is -0.424 e. The average Bonchev–Trinajstić information content (AvgIpc) is 2.89. The molecule has 2 N–H and O–H groups in total. The number of hydrogen-bond acceptors (Lipinski definition) is 5. The van der Waals surface area contributed by atoms with Gasteiger partial charge in [-0.15, -0.1) is 10.2 Å². The Morgan fingerprint density at radius 3 is 2.69 bits per heavy atom. The molecule has 0 radical (unpaired) electrons. The summed E-state index contributed by atoms with van der Waals surface area (Å²) in [5.41, 5.74) is 0.0784. The molecule has 0 spiro atoms. The minimum absolute atomic E-state index is 0.0784. The number of aryl methyl sites for hydroxylation is 1. The molecule has 1 saturated carbocycles. The Morgan fingerprint density at radius 2 is 2.12 bits per heavy atom. The monoisotopic (exact) mass is 225 g/mol. The predicted octanol–water partition coefficient (Wildman–Crippen LogP) is 1.02. The van der Waals surface area contributed by atoms with Gasteiger partial charge in [-0.1, -0.05) is 12.8 Å². The Kier molecular flexibility index (Phi) is 3.56.